The number of carbonyl (C=O) groups excluding carboxylic acids is 1. The number of phenols is 1. The molecule has 0 aliphatic carbocycles. The largest absolute Gasteiger partial charge is 0.502 e. The monoisotopic (exact) mass is 416 g/mol. The first-order valence-corrected chi connectivity index (χ1v) is 9.67. The highest BCUT2D eigenvalue weighted by molar-refractivity contribution is 7.07. The van der Waals surface area contributed by atoms with Crippen molar-refractivity contribution in [2.45, 2.75) is 12.3 Å². The summed E-state index contributed by atoms with van der Waals surface area (Å²) < 4.78 is 15.1. The number of aromatic hydroxyl groups is 1. The molecule has 1 atom stereocenters. The zero-order chi connectivity index (χ0) is 19.8. The lowest BCUT2D eigenvalue weighted by atomic mass is 9.89. The van der Waals surface area contributed by atoms with E-state index in [9.17, 15) is 9.90 Å². The molecule has 0 bridgehead atoms. The Labute approximate surface area is 170 Å². The molecule has 1 aromatic heterocycles. The van der Waals surface area contributed by atoms with E-state index in [1.54, 1.807) is 24.3 Å². The molecule has 2 aromatic carbocycles. The molecule has 0 saturated heterocycles. The lowest BCUT2D eigenvalue weighted by Crippen LogP contribution is -2.22. The van der Waals surface area contributed by atoms with Crippen molar-refractivity contribution in [2.75, 3.05) is 19.5 Å². The van der Waals surface area contributed by atoms with E-state index < -0.39 is 0 Å². The van der Waals surface area contributed by atoms with Crippen molar-refractivity contribution in [3.8, 4) is 28.5 Å². The average molecular weight is 417 g/mol. The highest BCUT2D eigenvalue weighted by Gasteiger charge is 2.32. The van der Waals surface area contributed by atoms with E-state index in [1.807, 2.05) is 12.1 Å². The summed E-state index contributed by atoms with van der Waals surface area (Å²) in [5, 5.41) is 13.8. The molecule has 1 aliphatic rings. The van der Waals surface area contributed by atoms with Crippen LogP contribution >= 0.6 is 23.1 Å². The van der Waals surface area contributed by atoms with Crippen molar-refractivity contribution >= 4 is 34.7 Å². The molecule has 1 amide bonds. The van der Waals surface area contributed by atoms with Crippen LogP contribution in [0.3, 0.4) is 0 Å². The van der Waals surface area contributed by atoms with Crippen molar-refractivity contribution in [2.24, 2.45) is 0 Å². The number of aromatic nitrogens is 1. The van der Waals surface area contributed by atoms with Gasteiger partial charge in [-0.25, -0.2) is 0 Å². The third kappa shape index (κ3) is 3.16. The van der Waals surface area contributed by atoms with E-state index in [1.165, 1.54) is 25.8 Å². The van der Waals surface area contributed by atoms with E-state index in [2.05, 4.69) is 9.69 Å². The fourth-order valence-corrected chi connectivity index (χ4v) is 4.42. The van der Waals surface area contributed by atoms with Gasteiger partial charge in [0.2, 0.25) is 11.7 Å². The molecule has 2 N–H and O–H groups in total. The Morgan fingerprint density at radius 3 is 2.43 bits per heavy atom. The van der Waals surface area contributed by atoms with Crippen LogP contribution in [0, 0.1) is 0 Å². The normalized spacial score (nSPS) is 15.7. The Hall–Kier alpha value is -2.77. The van der Waals surface area contributed by atoms with E-state index in [0.717, 1.165) is 16.0 Å². The third-order valence-electron chi connectivity index (χ3n) is 4.71. The Kier molecular flexibility index (Phi) is 4.87. The van der Waals surface area contributed by atoms with Crippen LogP contribution < -0.4 is 14.8 Å². The first-order chi connectivity index (χ1) is 13.5. The number of phenolic OH excluding ortho intramolecular Hbond substituents is 1. The lowest BCUT2D eigenvalue weighted by Gasteiger charge is -2.24. The molecule has 4 rings (SSSR count). The topological polar surface area (TPSA) is 80.7 Å². The molecule has 0 saturated carbocycles. The van der Waals surface area contributed by atoms with Gasteiger partial charge in [0.25, 0.3) is 0 Å². The van der Waals surface area contributed by atoms with Gasteiger partial charge in [-0.15, -0.1) is 0 Å². The van der Waals surface area contributed by atoms with Crippen LogP contribution in [0.15, 0.2) is 36.4 Å². The summed E-state index contributed by atoms with van der Waals surface area (Å²) in [6.07, 6.45) is 0.270. The molecule has 28 heavy (non-hydrogen) atoms. The standard InChI is InChI=1S/C20H17ClN2O4S/c1-26-14-7-11(8-15(27-2)19(14)25)13-9-16(24)22-18-17(23-28-20(13)18)10-3-5-12(21)6-4-10/h3-8,13,25H,9H2,1-2H3,(H,22,24)/t13-/m0/s1. The molecule has 0 spiro atoms. The average Bonchev–Trinajstić information content (AvgIpc) is 3.12. The van der Waals surface area contributed by atoms with Gasteiger partial charge in [-0.2, -0.15) is 4.37 Å². The second kappa shape index (κ2) is 7.33. The number of amides is 1. The number of anilines is 1. The highest BCUT2D eigenvalue weighted by atomic mass is 35.5. The van der Waals surface area contributed by atoms with E-state index in [-0.39, 0.29) is 24.0 Å². The van der Waals surface area contributed by atoms with Crippen LogP contribution in [-0.2, 0) is 4.79 Å². The van der Waals surface area contributed by atoms with Gasteiger partial charge < -0.3 is 19.9 Å². The smallest absolute Gasteiger partial charge is 0.225 e. The minimum atomic E-state index is -0.217. The SMILES string of the molecule is COc1cc([C@@H]2CC(=O)Nc3c(-c4ccc(Cl)cc4)nsc32)cc(OC)c1O. The predicted molar refractivity (Wildman–Crippen MR) is 109 cm³/mol. The van der Waals surface area contributed by atoms with E-state index >= 15 is 0 Å². The number of hydrogen-bond acceptors (Lipinski definition) is 6. The molecule has 1 aliphatic heterocycles. The maximum absolute atomic E-state index is 12.5. The van der Waals surface area contributed by atoms with E-state index in [4.69, 9.17) is 21.1 Å². The van der Waals surface area contributed by atoms with E-state index in [0.29, 0.717) is 27.9 Å². The van der Waals surface area contributed by atoms with Crippen LogP contribution in [0.2, 0.25) is 5.02 Å². The van der Waals surface area contributed by atoms with Gasteiger partial charge in [0.05, 0.1) is 24.8 Å². The summed E-state index contributed by atoms with van der Waals surface area (Å²) in [4.78, 5) is 13.4. The van der Waals surface area contributed by atoms with Crippen LogP contribution in [-0.4, -0.2) is 29.6 Å². The molecule has 0 fully saturated rings. The Morgan fingerprint density at radius 2 is 1.82 bits per heavy atom. The number of halogens is 1. The molecular weight excluding hydrogens is 400 g/mol. The van der Waals surface area contributed by atoms with Crippen LogP contribution in [0.25, 0.3) is 11.3 Å². The van der Waals surface area contributed by atoms with Gasteiger partial charge in [-0.3, -0.25) is 4.79 Å². The number of fused-ring (bicyclic) bond motifs is 1. The molecule has 3 aromatic rings. The summed E-state index contributed by atoms with van der Waals surface area (Å²) in [7, 11) is 2.95. The fraction of sp³-hybridized carbons (Fsp3) is 0.200. The predicted octanol–water partition coefficient (Wildman–Crippen LogP) is 4.66. The molecule has 6 nitrogen and oxygen atoms in total. The van der Waals surface area contributed by atoms with Crippen LogP contribution in [0.1, 0.15) is 22.8 Å². The fourth-order valence-electron chi connectivity index (χ4n) is 3.32. The van der Waals surface area contributed by atoms with Gasteiger partial charge in [0, 0.05) is 22.9 Å². The minimum absolute atomic E-state index is 0.0691. The highest BCUT2D eigenvalue weighted by Crippen LogP contribution is 2.47. The number of benzene rings is 2. The number of methoxy groups -OCH3 is 2. The summed E-state index contributed by atoms with van der Waals surface area (Å²) in [6.45, 7) is 0. The quantitative estimate of drug-likeness (QED) is 0.646. The van der Waals surface area contributed by atoms with Gasteiger partial charge in [0.15, 0.2) is 11.5 Å². The van der Waals surface area contributed by atoms with Crippen molar-refractivity contribution in [1.82, 2.24) is 4.37 Å². The van der Waals surface area contributed by atoms with Crippen molar-refractivity contribution in [3.05, 3.63) is 51.9 Å². The molecular formula is C20H17ClN2O4S. The Balaban J connectivity index is 1.82. The van der Waals surface area contributed by atoms with Crippen molar-refractivity contribution < 1.29 is 19.4 Å². The maximum atomic E-state index is 12.5. The second-order valence-corrected chi connectivity index (χ2v) is 7.60. The van der Waals surface area contributed by atoms with Crippen LogP contribution in [0.5, 0.6) is 17.2 Å². The number of hydrogen-bond donors (Lipinski definition) is 2. The first kappa shape index (κ1) is 18.6. The number of ether oxygens (including phenoxy) is 2. The first-order valence-electron chi connectivity index (χ1n) is 8.52. The lowest BCUT2D eigenvalue weighted by molar-refractivity contribution is -0.116. The van der Waals surface area contributed by atoms with Gasteiger partial charge in [-0.05, 0) is 41.4 Å². The van der Waals surface area contributed by atoms with Crippen LogP contribution in [0.4, 0.5) is 5.69 Å². The van der Waals surface area contributed by atoms with Crippen molar-refractivity contribution in [3.63, 3.8) is 0 Å². The second-order valence-electron chi connectivity index (χ2n) is 6.36. The Bertz CT molecular complexity index is 1020. The number of nitrogens with zero attached hydrogens (tertiary/aromatic N) is 1. The number of nitrogens with one attached hydrogen (secondary N) is 1. The van der Waals surface area contributed by atoms with Gasteiger partial charge in [-0.1, -0.05) is 23.7 Å². The summed E-state index contributed by atoms with van der Waals surface area (Å²) >= 11 is 7.33. The number of rotatable bonds is 4. The summed E-state index contributed by atoms with van der Waals surface area (Å²) in [5.41, 5.74) is 3.12. The zero-order valence-corrected chi connectivity index (χ0v) is 16.7. The maximum Gasteiger partial charge on any atom is 0.225 e. The van der Waals surface area contributed by atoms with Gasteiger partial charge in [0.1, 0.15) is 5.69 Å². The third-order valence-corrected chi connectivity index (χ3v) is 5.92. The zero-order valence-electron chi connectivity index (χ0n) is 15.2. The summed E-state index contributed by atoms with van der Waals surface area (Å²) in [6, 6.07) is 10.8. The minimum Gasteiger partial charge on any atom is -0.502 e. The molecule has 2 heterocycles. The molecule has 0 unspecified atom stereocenters. The molecule has 144 valence electrons. The summed E-state index contributed by atoms with van der Waals surface area (Å²) in [5.74, 6) is 0.207. The molecule has 0 radical (unpaired) electrons. The van der Waals surface area contributed by atoms with Gasteiger partial charge >= 0.3 is 0 Å². The molecule has 8 heteroatoms. The Morgan fingerprint density at radius 1 is 1.18 bits per heavy atom. The number of carbonyl (C=O) groups is 1. The van der Waals surface area contributed by atoms with Crippen molar-refractivity contribution in [1.29, 1.82) is 0 Å².